The Bertz CT molecular complexity index is 897. The van der Waals surface area contributed by atoms with Crippen LogP contribution >= 0.6 is 11.3 Å². The fourth-order valence-electron chi connectivity index (χ4n) is 3.54. The van der Waals surface area contributed by atoms with Gasteiger partial charge in [0.2, 0.25) is 0 Å². The molecule has 0 radical (unpaired) electrons. The van der Waals surface area contributed by atoms with Crippen LogP contribution in [0, 0.1) is 24.1 Å². The number of nitriles is 1. The number of nitrogens with zero attached hydrogens (tertiary/aromatic N) is 2. The van der Waals surface area contributed by atoms with Gasteiger partial charge in [0, 0.05) is 16.6 Å². The van der Waals surface area contributed by atoms with Gasteiger partial charge in [0.1, 0.15) is 10.8 Å². The third-order valence-electron chi connectivity index (χ3n) is 4.92. The summed E-state index contributed by atoms with van der Waals surface area (Å²) in [6, 6.07) is 8.10. The minimum Gasteiger partial charge on any atom is -0.457 e. The van der Waals surface area contributed by atoms with E-state index in [0.29, 0.717) is 23.4 Å². The van der Waals surface area contributed by atoms with Gasteiger partial charge in [0.25, 0.3) is 0 Å². The average molecular weight is 386 g/mol. The van der Waals surface area contributed by atoms with E-state index < -0.39 is 35.5 Å². The highest BCUT2D eigenvalue weighted by Gasteiger charge is 2.46. The second-order valence-electron chi connectivity index (χ2n) is 6.70. The Labute approximate surface area is 160 Å². The van der Waals surface area contributed by atoms with Crippen LogP contribution in [-0.4, -0.2) is 23.3 Å². The molecule has 140 valence electrons. The Balaban J connectivity index is 1.75. The summed E-state index contributed by atoms with van der Waals surface area (Å²) < 4.78 is 19.6. The smallest absolute Gasteiger partial charge is 0.317 e. The Kier molecular flexibility index (Phi) is 5.66. The highest BCUT2D eigenvalue weighted by Crippen LogP contribution is 2.43. The summed E-state index contributed by atoms with van der Waals surface area (Å²) in [5, 5.41) is 11.5. The van der Waals surface area contributed by atoms with Crippen LogP contribution in [0.2, 0.25) is 0 Å². The van der Waals surface area contributed by atoms with E-state index in [2.05, 4.69) is 4.98 Å². The van der Waals surface area contributed by atoms with Crippen LogP contribution in [0.15, 0.2) is 29.6 Å². The molecule has 7 heteroatoms. The normalized spacial score (nSPS) is 16.5. The predicted octanol–water partition coefficient (Wildman–Crippen LogP) is 3.82. The molecule has 1 aromatic carbocycles. The first-order valence-electron chi connectivity index (χ1n) is 8.74. The minimum atomic E-state index is -1.07. The molecule has 1 aliphatic rings. The molecule has 3 rings (SSSR count). The number of benzene rings is 1. The van der Waals surface area contributed by atoms with Gasteiger partial charge >= 0.3 is 5.97 Å². The van der Waals surface area contributed by atoms with E-state index in [0.717, 1.165) is 18.5 Å². The zero-order valence-electron chi connectivity index (χ0n) is 14.9. The molecule has 1 aliphatic carbocycles. The first-order valence-corrected chi connectivity index (χ1v) is 9.62. The van der Waals surface area contributed by atoms with Crippen molar-refractivity contribution < 1.29 is 18.7 Å². The van der Waals surface area contributed by atoms with Gasteiger partial charge in [-0.2, -0.15) is 5.26 Å². The third kappa shape index (κ3) is 3.76. The number of carbonyl (C=O) groups excluding carboxylic acids is 2. The van der Waals surface area contributed by atoms with Crippen molar-refractivity contribution in [1.82, 2.24) is 4.98 Å². The number of esters is 1. The maximum Gasteiger partial charge on any atom is 0.317 e. The molecule has 1 saturated carbocycles. The van der Waals surface area contributed by atoms with Crippen LogP contribution in [-0.2, 0) is 19.7 Å². The Morgan fingerprint density at radius 3 is 2.67 bits per heavy atom. The zero-order valence-corrected chi connectivity index (χ0v) is 15.7. The standard InChI is InChI=1S/C20H19FN2O3S/c1-13-12-27-18(23-13)14(10-22)17(24)11-26-19(25)20(8-4-5-9-20)15-6-2-3-7-16(15)21/h2-3,6-7,12,14H,4-5,8-9,11H2,1H3/t14-/m1/s1. The minimum absolute atomic E-state index is 0.312. The van der Waals surface area contributed by atoms with Crippen LogP contribution in [0.25, 0.3) is 0 Å². The number of aromatic nitrogens is 1. The third-order valence-corrected chi connectivity index (χ3v) is 5.95. The summed E-state index contributed by atoms with van der Waals surface area (Å²) in [7, 11) is 0. The van der Waals surface area contributed by atoms with Crippen molar-refractivity contribution in [2.24, 2.45) is 0 Å². The fourth-order valence-corrected chi connectivity index (χ4v) is 4.40. The van der Waals surface area contributed by atoms with E-state index in [1.165, 1.54) is 17.4 Å². The monoisotopic (exact) mass is 386 g/mol. The molecule has 0 bridgehead atoms. The lowest BCUT2D eigenvalue weighted by atomic mass is 9.78. The van der Waals surface area contributed by atoms with Crippen molar-refractivity contribution in [3.05, 3.63) is 51.7 Å². The summed E-state index contributed by atoms with van der Waals surface area (Å²) in [5.41, 5.74) is -0.0252. The molecular formula is C20H19FN2O3S. The maximum absolute atomic E-state index is 14.3. The number of ketones is 1. The van der Waals surface area contributed by atoms with Crippen LogP contribution < -0.4 is 0 Å². The molecule has 5 nitrogen and oxygen atoms in total. The first-order chi connectivity index (χ1) is 13.0. The van der Waals surface area contributed by atoms with Gasteiger partial charge in [-0.25, -0.2) is 9.37 Å². The van der Waals surface area contributed by atoms with E-state index in [1.807, 2.05) is 6.07 Å². The summed E-state index contributed by atoms with van der Waals surface area (Å²) >= 11 is 1.22. The Hall–Kier alpha value is -2.59. The molecule has 0 amide bonds. The van der Waals surface area contributed by atoms with E-state index in [9.17, 15) is 19.2 Å². The summed E-state index contributed by atoms with van der Waals surface area (Å²) in [6.45, 7) is 1.25. The molecule has 0 unspecified atom stereocenters. The first kappa shape index (κ1) is 19.2. The SMILES string of the molecule is Cc1csc([C@H](C#N)C(=O)COC(=O)C2(c3ccccc3F)CCCC2)n1. The number of Topliss-reactive ketones (excluding diaryl/α,β-unsaturated/α-hetero) is 1. The molecule has 2 aromatic rings. The summed E-state index contributed by atoms with van der Waals surface area (Å²) in [6.07, 6.45) is 2.54. The molecule has 0 saturated heterocycles. The molecular weight excluding hydrogens is 367 g/mol. The Morgan fingerprint density at radius 1 is 1.37 bits per heavy atom. The Morgan fingerprint density at radius 2 is 2.07 bits per heavy atom. The van der Waals surface area contributed by atoms with E-state index in [-0.39, 0.29) is 0 Å². The van der Waals surface area contributed by atoms with Crippen LogP contribution in [0.1, 0.15) is 47.9 Å². The number of carbonyl (C=O) groups is 2. The summed E-state index contributed by atoms with van der Waals surface area (Å²) in [5.74, 6) is -2.65. The van der Waals surface area contributed by atoms with E-state index in [4.69, 9.17) is 4.74 Å². The molecule has 0 spiro atoms. The van der Waals surface area contributed by atoms with Crippen molar-refractivity contribution in [3.63, 3.8) is 0 Å². The van der Waals surface area contributed by atoms with Crippen molar-refractivity contribution in [2.75, 3.05) is 6.61 Å². The lowest BCUT2D eigenvalue weighted by Crippen LogP contribution is -2.37. The zero-order chi connectivity index (χ0) is 19.4. The van der Waals surface area contributed by atoms with Gasteiger partial charge in [0.05, 0.1) is 11.5 Å². The van der Waals surface area contributed by atoms with Crippen LogP contribution in [0.4, 0.5) is 4.39 Å². The lowest BCUT2D eigenvalue weighted by molar-refractivity contribution is -0.154. The highest BCUT2D eigenvalue weighted by molar-refractivity contribution is 7.09. The molecule has 27 heavy (non-hydrogen) atoms. The summed E-state index contributed by atoms with van der Waals surface area (Å²) in [4.78, 5) is 29.4. The molecule has 1 fully saturated rings. The molecule has 1 heterocycles. The van der Waals surface area contributed by atoms with Crippen molar-refractivity contribution in [2.45, 2.75) is 43.9 Å². The van der Waals surface area contributed by atoms with Crippen molar-refractivity contribution >= 4 is 23.1 Å². The van der Waals surface area contributed by atoms with Gasteiger partial charge in [-0.3, -0.25) is 9.59 Å². The number of thiazole rings is 1. The quantitative estimate of drug-likeness (QED) is 0.705. The topological polar surface area (TPSA) is 80.0 Å². The van der Waals surface area contributed by atoms with Gasteiger partial charge in [-0.1, -0.05) is 31.0 Å². The van der Waals surface area contributed by atoms with Crippen molar-refractivity contribution in [1.29, 1.82) is 5.26 Å². The number of aryl methyl sites for hydroxylation is 1. The molecule has 0 N–H and O–H groups in total. The van der Waals surface area contributed by atoms with Crippen LogP contribution in [0.3, 0.4) is 0 Å². The molecule has 1 aromatic heterocycles. The van der Waals surface area contributed by atoms with Gasteiger partial charge in [-0.05, 0) is 25.8 Å². The number of rotatable bonds is 6. The second-order valence-corrected chi connectivity index (χ2v) is 7.59. The second kappa shape index (κ2) is 7.97. The predicted molar refractivity (Wildman–Crippen MR) is 97.7 cm³/mol. The van der Waals surface area contributed by atoms with E-state index >= 15 is 0 Å². The van der Waals surface area contributed by atoms with E-state index in [1.54, 1.807) is 30.5 Å². The van der Waals surface area contributed by atoms with Crippen LogP contribution in [0.5, 0.6) is 0 Å². The lowest BCUT2D eigenvalue weighted by Gasteiger charge is -2.27. The average Bonchev–Trinajstić information content (AvgIpc) is 3.31. The number of ether oxygens (including phenoxy) is 1. The number of hydrogen-bond acceptors (Lipinski definition) is 6. The van der Waals surface area contributed by atoms with Gasteiger partial charge in [-0.15, -0.1) is 11.3 Å². The number of halogens is 1. The maximum atomic E-state index is 14.3. The van der Waals surface area contributed by atoms with Gasteiger partial charge < -0.3 is 4.74 Å². The van der Waals surface area contributed by atoms with Gasteiger partial charge in [0.15, 0.2) is 18.3 Å². The largest absolute Gasteiger partial charge is 0.457 e. The molecule has 0 aliphatic heterocycles. The fraction of sp³-hybridized carbons (Fsp3) is 0.400. The highest BCUT2D eigenvalue weighted by atomic mass is 32.1. The molecule has 1 atom stereocenters. The van der Waals surface area contributed by atoms with Crippen molar-refractivity contribution in [3.8, 4) is 6.07 Å². The number of hydrogen-bond donors (Lipinski definition) is 0.